The minimum Gasteiger partial charge on any atom is -0.496 e. The van der Waals surface area contributed by atoms with Gasteiger partial charge < -0.3 is 10.1 Å². The third-order valence-corrected chi connectivity index (χ3v) is 4.49. The van der Waals surface area contributed by atoms with Crippen LogP contribution in [0.25, 0.3) is 0 Å². The SMILES string of the molecule is COc1ccc(Cl)cc1C1CCC1CNC1CC1. The van der Waals surface area contributed by atoms with Crippen molar-refractivity contribution < 1.29 is 4.74 Å². The zero-order valence-electron chi connectivity index (χ0n) is 10.8. The second-order valence-corrected chi connectivity index (χ2v) is 5.95. The van der Waals surface area contributed by atoms with E-state index in [4.69, 9.17) is 16.3 Å². The topological polar surface area (TPSA) is 21.3 Å². The molecule has 0 aliphatic heterocycles. The van der Waals surface area contributed by atoms with E-state index in [0.29, 0.717) is 5.92 Å². The summed E-state index contributed by atoms with van der Waals surface area (Å²) >= 11 is 6.11. The lowest BCUT2D eigenvalue weighted by Gasteiger charge is -2.38. The van der Waals surface area contributed by atoms with Crippen LogP contribution in [0.15, 0.2) is 18.2 Å². The second kappa shape index (κ2) is 5.10. The lowest BCUT2D eigenvalue weighted by molar-refractivity contribution is 0.239. The number of hydrogen-bond acceptors (Lipinski definition) is 2. The molecule has 2 saturated carbocycles. The highest BCUT2D eigenvalue weighted by Crippen LogP contribution is 2.46. The van der Waals surface area contributed by atoms with Crippen molar-refractivity contribution in [2.75, 3.05) is 13.7 Å². The molecule has 18 heavy (non-hydrogen) atoms. The van der Waals surface area contributed by atoms with Gasteiger partial charge in [-0.2, -0.15) is 0 Å². The summed E-state index contributed by atoms with van der Waals surface area (Å²) < 4.78 is 5.46. The van der Waals surface area contributed by atoms with Gasteiger partial charge in [-0.3, -0.25) is 0 Å². The Morgan fingerprint density at radius 3 is 2.72 bits per heavy atom. The Hall–Kier alpha value is -0.730. The predicted molar refractivity (Wildman–Crippen MR) is 74.5 cm³/mol. The first-order valence-electron chi connectivity index (χ1n) is 6.84. The van der Waals surface area contributed by atoms with Gasteiger partial charge in [0.1, 0.15) is 5.75 Å². The summed E-state index contributed by atoms with van der Waals surface area (Å²) in [6.07, 6.45) is 5.30. The fourth-order valence-electron chi connectivity index (χ4n) is 2.82. The van der Waals surface area contributed by atoms with Gasteiger partial charge >= 0.3 is 0 Å². The molecule has 2 aliphatic carbocycles. The van der Waals surface area contributed by atoms with E-state index in [1.54, 1.807) is 7.11 Å². The molecule has 3 heteroatoms. The van der Waals surface area contributed by atoms with E-state index in [2.05, 4.69) is 11.4 Å². The van der Waals surface area contributed by atoms with Crippen LogP contribution in [0, 0.1) is 5.92 Å². The highest BCUT2D eigenvalue weighted by atomic mass is 35.5. The molecule has 0 heterocycles. The quantitative estimate of drug-likeness (QED) is 0.878. The highest BCUT2D eigenvalue weighted by molar-refractivity contribution is 6.30. The molecule has 2 atom stereocenters. The van der Waals surface area contributed by atoms with Crippen molar-refractivity contribution in [2.45, 2.75) is 37.6 Å². The lowest BCUT2D eigenvalue weighted by atomic mass is 9.69. The Bertz CT molecular complexity index is 431. The standard InChI is InChI=1S/C15H20ClNO/c1-18-15-7-3-11(16)8-14(15)13-6-2-10(13)9-17-12-4-5-12/h3,7-8,10,12-13,17H,2,4-6,9H2,1H3. The molecule has 0 spiro atoms. The first kappa shape index (κ1) is 12.3. The number of benzene rings is 1. The smallest absolute Gasteiger partial charge is 0.122 e. The predicted octanol–water partition coefficient (Wildman–Crippen LogP) is 3.59. The van der Waals surface area contributed by atoms with Crippen molar-refractivity contribution in [3.63, 3.8) is 0 Å². The summed E-state index contributed by atoms with van der Waals surface area (Å²) in [6, 6.07) is 6.77. The summed E-state index contributed by atoms with van der Waals surface area (Å²) in [5.74, 6) is 2.35. The van der Waals surface area contributed by atoms with Gasteiger partial charge in [-0.05, 0) is 67.8 Å². The Morgan fingerprint density at radius 2 is 2.11 bits per heavy atom. The van der Waals surface area contributed by atoms with Crippen molar-refractivity contribution in [3.8, 4) is 5.75 Å². The normalized spacial score (nSPS) is 26.8. The summed E-state index contributed by atoms with van der Waals surface area (Å²) in [6.45, 7) is 1.14. The number of methoxy groups -OCH3 is 1. The van der Waals surface area contributed by atoms with E-state index >= 15 is 0 Å². The van der Waals surface area contributed by atoms with Gasteiger partial charge in [-0.25, -0.2) is 0 Å². The van der Waals surface area contributed by atoms with Crippen LogP contribution in [0.5, 0.6) is 5.75 Å². The fourth-order valence-corrected chi connectivity index (χ4v) is 3.00. The molecule has 2 aliphatic rings. The second-order valence-electron chi connectivity index (χ2n) is 5.51. The molecule has 98 valence electrons. The van der Waals surface area contributed by atoms with Crippen LogP contribution in [0.1, 0.15) is 37.2 Å². The van der Waals surface area contributed by atoms with Crippen molar-refractivity contribution in [3.05, 3.63) is 28.8 Å². The Kier molecular flexibility index (Phi) is 3.49. The summed E-state index contributed by atoms with van der Waals surface area (Å²) in [7, 11) is 1.74. The fraction of sp³-hybridized carbons (Fsp3) is 0.600. The number of nitrogens with one attached hydrogen (secondary N) is 1. The molecule has 2 unspecified atom stereocenters. The maximum atomic E-state index is 6.11. The monoisotopic (exact) mass is 265 g/mol. The maximum Gasteiger partial charge on any atom is 0.122 e. The average molecular weight is 266 g/mol. The Morgan fingerprint density at radius 1 is 1.28 bits per heavy atom. The third-order valence-electron chi connectivity index (χ3n) is 4.25. The molecule has 1 aromatic rings. The molecular formula is C15H20ClNO. The zero-order chi connectivity index (χ0) is 12.5. The van der Waals surface area contributed by atoms with Crippen LogP contribution in [0.2, 0.25) is 5.02 Å². The van der Waals surface area contributed by atoms with Crippen LogP contribution >= 0.6 is 11.6 Å². The molecule has 0 aromatic heterocycles. The van der Waals surface area contributed by atoms with E-state index in [-0.39, 0.29) is 0 Å². The summed E-state index contributed by atoms with van der Waals surface area (Å²) in [4.78, 5) is 0. The van der Waals surface area contributed by atoms with E-state index < -0.39 is 0 Å². The summed E-state index contributed by atoms with van der Waals surface area (Å²) in [5, 5.41) is 4.45. The molecule has 0 amide bonds. The third kappa shape index (κ3) is 2.50. The minimum atomic E-state index is 0.616. The van der Waals surface area contributed by atoms with Crippen LogP contribution in [-0.2, 0) is 0 Å². The zero-order valence-corrected chi connectivity index (χ0v) is 11.5. The van der Waals surface area contributed by atoms with Gasteiger partial charge in [-0.1, -0.05) is 11.6 Å². The molecule has 0 radical (unpaired) electrons. The first-order chi connectivity index (χ1) is 8.78. The number of halogens is 1. The molecule has 0 bridgehead atoms. The minimum absolute atomic E-state index is 0.616. The number of rotatable bonds is 5. The van der Waals surface area contributed by atoms with E-state index in [1.165, 1.54) is 31.2 Å². The largest absolute Gasteiger partial charge is 0.496 e. The molecule has 0 saturated heterocycles. The van der Waals surface area contributed by atoms with Gasteiger partial charge in [0.25, 0.3) is 0 Å². The van der Waals surface area contributed by atoms with Crippen LogP contribution in [0.4, 0.5) is 0 Å². The van der Waals surface area contributed by atoms with Crippen LogP contribution in [0.3, 0.4) is 0 Å². The lowest BCUT2D eigenvalue weighted by Crippen LogP contribution is -2.34. The van der Waals surface area contributed by atoms with E-state index in [9.17, 15) is 0 Å². The van der Waals surface area contributed by atoms with Crippen molar-refractivity contribution in [1.82, 2.24) is 5.32 Å². The molecular weight excluding hydrogens is 246 g/mol. The van der Waals surface area contributed by atoms with Gasteiger partial charge in [0, 0.05) is 11.1 Å². The molecule has 1 N–H and O–H groups in total. The molecule has 1 aromatic carbocycles. The number of hydrogen-bond donors (Lipinski definition) is 1. The average Bonchev–Trinajstić information content (AvgIpc) is 3.12. The highest BCUT2D eigenvalue weighted by Gasteiger charge is 2.35. The van der Waals surface area contributed by atoms with Crippen LogP contribution < -0.4 is 10.1 Å². The van der Waals surface area contributed by atoms with Crippen molar-refractivity contribution in [2.24, 2.45) is 5.92 Å². The van der Waals surface area contributed by atoms with Gasteiger partial charge in [0.15, 0.2) is 0 Å². The first-order valence-corrected chi connectivity index (χ1v) is 7.22. The van der Waals surface area contributed by atoms with Crippen molar-refractivity contribution >= 4 is 11.6 Å². The van der Waals surface area contributed by atoms with Gasteiger partial charge in [0.2, 0.25) is 0 Å². The van der Waals surface area contributed by atoms with E-state index in [1.807, 2.05) is 12.1 Å². The molecule has 2 nitrogen and oxygen atoms in total. The Labute approximate surface area is 114 Å². The molecule has 2 fully saturated rings. The van der Waals surface area contributed by atoms with Gasteiger partial charge in [0.05, 0.1) is 7.11 Å². The van der Waals surface area contributed by atoms with Gasteiger partial charge in [-0.15, -0.1) is 0 Å². The van der Waals surface area contributed by atoms with E-state index in [0.717, 1.165) is 29.3 Å². The summed E-state index contributed by atoms with van der Waals surface area (Å²) in [5.41, 5.74) is 1.29. The van der Waals surface area contributed by atoms with Crippen molar-refractivity contribution in [1.29, 1.82) is 0 Å². The molecule has 3 rings (SSSR count). The maximum absolute atomic E-state index is 6.11. The number of ether oxygens (including phenoxy) is 1. The van der Waals surface area contributed by atoms with Crippen LogP contribution in [-0.4, -0.2) is 19.7 Å². The Balaban J connectivity index is 1.70.